The average Bonchev–Trinajstić information content (AvgIpc) is 3.10. The smallest absolute Gasteiger partial charge is 0.327 e. The number of carboxylic acid groups (broad SMARTS) is 1. The van der Waals surface area contributed by atoms with Crippen LogP contribution in [0.25, 0.3) is 0 Å². The molecule has 1 heterocycles. The van der Waals surface area contributed by atoms with Crippen LogP contribution in [-0.2, 0) is 4.79 Å². The molecule has 2 fully saturated rings. The number of nitrogens with zero attached hydrogens (tertiary/aromatic N) is 1. The van der Waals surface area contributed by atoms with Gasteiger partial charge in [0.15, 0.2) is 0 Å². The number of carbonyl (C=O) groups is 2. The van der Waals surface area contributed by atoms with Crippen molar-refractivity contribution >= 4 is 23.8 Å². The summed E-state index contributed by atoms with van der Waals surface area (Å²) in [6.45, 7) is 2.63. The molecule has 2 amide bonds. The SMILES string of the molecule is CCC1SCC(C(=O)O)N1C(=O)NCCCC1CC1. The van der Waals surface area contributed by atoms with Crippen LogP contribution in [0.2, 0.25) is 0 Å². The van der Waals surface area contributed by atoms with Crippen LogP contribution in [0.4, 0.5) is 4.79 Å². The number of hydrogen-bond acceptors (Lipinski definition) is 3. The number of urea groups is 1. The summed E-state index contributed by atoms with van der Waals surface area (Å²) in [4.78, 5) is 24.8. The minimum atomic E-state index is -0.906. The van der Waals surface area contributed by atoms with Crippen LogP contribution >= 0.6 is 11.8 Å². The van der Waals surface area contributed by atoms with Gasteiger partial charge in [0.25, 0.3) is 0 Å². The lowest BCUT2D eigenvalue weighted by Crippen LogP contribution is -2.50. The molecule has 2 atom stereocenters. The number of aliphatic carboxylic acids is 1. The maximum atomic E-state index is 12.1. The van der Waals surface area contributed by atoms with E-state index in [1.807, 2.05) is 6.92 Å². The molecule has 1 saturated heterocycles. The Morgan fingerprint density at radius 2 is 2.16 bits per heavy atom. The molecule has 0 spiro atoms. The average molecular weight is 286 g/mol. The van der Waals surface area contributed by atoms with Gasteiger partial charge in [0.1, 0.15) is 6.04 Å². The first-order valence-corrected chi connectivity index (χ1v) is 8.09. The van der Waals surface area contributed by atoms with E-state index in [9.17, 15) is 9.59 Å². The highest BCUT2D eigenvalue weighted by Crippen LogP contribution is 2.33. The molecule has 6 heteroatoms. The molecule has 2 unspecified atom stereocenters. The third kappa shape index (κ3) is 3.78. The second-order valence-corrected chi connectivity index (χ2v) is 6.49. The van der Waals surface area contributed by atoms with Crippen LogP contribution in [0, 0.1) is 5.92 Å². The number of rotatable bonds is 6. The van der Waals surface area contributed by atoms with Crippen molar-refractivity contribution < 1.29 is 14.7 Å². The van der Waals surface area contributed by atoms with Crippen molar-refractivity contribution in [3.63, 3.8) is 0 Å². The third-order valence-electron chi connectivity index (χ3n) is 3.72. The summed E-state index contributed by atoms with van der Waals surface area (Å²) in [5.41, 5.74) is 0. The fourth-order valence-electron chi connectivity index (χ4n) is 2.42. The van der Waals surface area contributed by atoms with Gasteiger partial charge >= 0.3 is 12.0 Å². The lowest BCUT2D eigenvalue weighted by Gasteiger charge is -2.26. The molecule has 108 valence electrons. The molecule has 0 radical (unpaired) electrons. The van der Waals surface area contributed by atoms with E-state index in [1.54, 1.807) is 11.8 Å². The first-order valence-electron chi connectivity index (χ1n) is 7.04. The van der Waals surface area contributed by atoms with Gasteiger partial charge in [-0.3, -0.25) is 4.90 Å². The molecule has 2 aliphatic rings. The van der Waals surface area contributed by atoms with E-state index in [1.165, 1.54) is 24.2 Å². The van der Waals surface area contributed by atoms with E-state index < -0.39 is 12.0 Å². The summed E-state index contributed by atoms with van der Waals surface area (Å²) < 4.78 is 0. The minimum absolute atomic E-state index is 0.00969. The Hall–Kier alpha value is -0.910. The fraction of sp³-hybridized carbons (Fsp3) is 0.846. The molecule has 1 saturated carbocycles. The second-order valence-electron chi connectivity index (χ2n) is 5.28. The Balaban J connectivity index is 1.80. The van der Waals surface area contributed by atoms with E-state index in [0.717, 1.165) is 18.8 Å². The summed E-state index contributed by atoms with van der Waals surface area (Å²) in [7, 11) is 0. The molecule has 2 N–H and O–H groups in total. The van der Waals surface area contributed by atoms with Crippen molar-refractivity contribution in [3.05, 3.63) is 0 Å². The quantitative estimate of drug-likeness (QED) is 0.734. The third-order valence-corrected chi connectivity index (χ3v) is 5.18. The van der Waals surface area contributed by atoms with Crippen LogP contribution in [0.15, 0.2) is 0 Å². The van der Waals surface area contributed by atoms with Crippen molar-refractivity contribution in [3.8, 4) is 0 Å². The number of thioether (sulfide) groups is 1. The molecule has 0 aromatic heterocycles. The maximum Gasteiger partial charge on any atom is 0.327 e. The maximum absolute atomic E-state index is 12.1. The van der Waals surface area contributed by atoms with Gasteiger partial charge in [-0.1, -0.05) is 19.8 Å². The van der Waals surface area contributed by atoms with Gasteiger partial charge in [-0.05, 0) is 25.2 Å². The summed E-state index contributed by atoms with van der Waals surface area (Å²) in [6, 6.07) is -0.904. The predicted octanol–water partition coefficient (Wildman–Crippen LogP) is 2.12. The molecule has 1 aliphatic carbocycles. The van der Waals surface area contributed by atoms with Crippen molar-refractivity contribution in [2.75, 3.05) is 12.3 Å². The highest BCUT2D eigenvalue weighted by Gasteiger charge is 2.40. The first-order chi connectivity index (χ1) is 9.13. The van der Waals surface area contributed by atoms with Gasteiger partial charge in [-0.2, -0.15) is 0 Å². The van der Waals surface area contributed by atoms with E-state index in [2.05, 4.69) is 5.32 Å². The zero-order chi connectivity index (χ0) is 13.8. The summed E-state index contributed by atoms with van der Waals surface area (Å²) >= 11 is 1.55. The van der Waals surface area contributed by atoms with E-state index >= 15 is 0 Å². The van der Waals surface area contributed by atoms with Gasteiger partial charge in [0.2, 0.25) is 0 Å². The Labute approximate surface area is 118 Å². The molecule has 2 rings (SSSR count). The van der Waals surface area contributed by atoms with Gasteiger partial charge in [-0.25, -0.2) is 9.59 Å². The standard InChI is InChI=1S/C13H22N2O3S/c1-2-11-15(10(8-19-11)12(16)17)13(18)14-7-3-4-9-5-6-9/h9-11H,2-8H2,1H3,(H,14,18)(H,16,17). The van der Waals surface area contributed by atoms with Crippen LogP contribution in [-0.4, -0.2) is 45.7 Å². The molecule has 1 aliphatic heterocycles. The second kappa shape index (κ2) is 6.50. The predicted molar refractivity (Wildman–Crippen MR) is 75.2 cm³/mol. The van der Waals surface area contributed by atoms with Crippen molar-refractivity contribution in [2.45, 2.75) is 50.4 Å². The lowest BCUT2D eigenvalue weighted by molar-refractivity contribution is -0.141. The minimum Gasteiger partial charge on any atom is -0.480 e. The number of amides is 2. The van der Waals surface area contributed by atoms with Gasteiger partial charge in [0, 0.05) is 12.3 Å². The van der Waals surface area contributed by atoms with Gasteiger partial charge in [-0.15, -0.1) is 11.8 Å². The highest BCUT2D eigenvalue weighted by molar-refractivity contribution is 8.00. The lowest BCUT2D eigenvalue weighted by atomic mass is 10.2. The van der Waals surface area contributed by atoms with Crippen molar-refractivity contribution in [1.82, 2.24) is 10.2 Å². The Bertz CT molecular complexity index is 347. The number of hydrogen-bond donors (Lipinski definition) is 2. The first kappa shape index (κ1) is 14.5. The largest absolute Gasteiger partial charge is 0.480 e. The van der Waals surface area contributed by atoms with E-state index in [4.69, 9.17) is 5.11 Å². The highest BCUT2D eigenvalue weighted by atomic mass is 32.2. The fourth-order valence-corrected chi connectivity index (χ4v) is 3.77. The molecule has 0 aromatic carbocycles. The summed E-state index contributed by atoms with van der Waals surface area (Å²) in [6.07, 6.45) is 5.61. The zero-order valence-corrected chi connectivity index (χ0v) is 12.1. The van der Waals surface area contributed by atoms with Crippen LogP contribution in [0.3, 0.4) is 0 Å². The molecule has 19 heavy (non-hydrogen) atoms. The van der Waals surface area contributed by atoms with Crippen LogP contribution in [0.5, 0.6) is 0 Å². The molecular weight excluding hydrogens is 264 g/mol. The summed E-state index contributed by atoms with van der Waals surface area (Å²) in [5.74, 6) is 0.453. The molecule has 0 bridgehead atoms. The van der Waals surface area contributed by atoms with Crippen LogP contribution < -0.4 is 5.32 Å². The van der Waals surface area contributed by atoms with Gasteiger partial charge in [0.05, 0.1) is 5.37 Å². The summed E-state index contributed by atoms with van der Waals surface area (Å²) in [5, 5.41) is 12.0. The van der Waals surface area contributed by atoms with E-state index in [-0.39, 0.29) is 11.4 Å². The van der Waals surface area contributed by atoms with Crippen molar-refractivity contribution in [2.24, 2.45) is 5.92 Å². The Morgan fingerprint density at radius 1 is 1.42 bits per heavy atom. The number of carbonyl (C=O) groups excluding carboxylic acids is 1. The molecule has 0 aromatic rings. The molecular formula is C13H22N2O3S. The van der Waals surface area contributed by atoms with Crippen LogP contribution in [0.1, 0.15) is 39.0 Å². The topological polar surface area (TPSA) is 69.6 Å². The van der Waals surface area contributed by atoms with Gasteiger partial charge < -0.3 is 10.4 Å². The Morgan fingerprint density at radius 3 is 2.74 bits per heavy atom. The van der Waals surface area contributed by atoms with Crippen molar-refractivity contribution in [1.29, 1.82) is 0 Å². The zero-order valence-electron chi connectivity index (χ0n) is 11.3. The Kier molecular flexibility index (Phi) is 4.96. The normalized spacial score (nSPS) is 26.5. The monoisotopic (exact) mass is 286 g/mol. The number of nitrogens with one attached hydrogen (secondary N) is 1. The molecule has 5 nitrogen and oxygen atoms in total. The number of carboxylic acids is 1. The van der Waals surface area contributed by atoms with E-state index in [0.29, 0.717) is 12.3 Å².